The summed E-state index contributed by atoms with van der Waals surface area (Å²) in [6, 6.07) is 17.5. The standard InChI is InChI=1S/C37H32FN5O2S/c1-4-24-27(38)14-13-23-18-28-26(19-40-43(28)29-12-8-9-17-44-29)32(31(23)24)35-30-21(2)34-33(25(30)15-16-39-35)36(42-37(41-34)46-3)45-20-22-10-6-5-7-11-22/h5-7,10-11,13-16,18-19,29H,2,4,8-9,12,17,20H2,1,3H3. The van der Waals surface area contributed by atoms with Crippen molar-refractivity contribution in [2.45, 2.75) is 50.6 Å². The van der Waals surface area contributed by atoms with Gasteiger partial charge in [0.15, 0.2) is 11.4 Å². The summed E-state index contributed by atoms with van der Waals surface area (Å²) < 4.78 is 30.0. The summed E-state index contributed by atoms with van der Waals surface area (Å²) in [5.74, 6) is 0.265. The lowest BCUT2D eigenvalue weighted by molar-refractivity contribution is -0.0366. The van der Waals surface area contributed by atoms with E-state index in [-0.39, 0.29) is 12.0 Å². The number of ether oxygens (including phenoxy) is 2. The number of hydrogen-bond donors (Lipinski definition) is 0. The number of pyridine rings is 1. The predicted molar refractivity (Wildman–Crippen MR) is 180 cm³/mol. The molecule has 230 valence electrons. The Bertz CT molecular complexity index is 2160. The molecule has 3 aromatic heterocycles. The molecular weight excluding hydrogens is 598 g/mol. The molecule has 0 bridgehead atoms. The van der Waals surface area contributed by atoms with E-state index in [2.05, 4.69) is 12.6 Å². The summed E-state index contributed by atoms with van der Waals surface area (Å²) in [6.45, 7) is 7.60. The van der Waals surface area contributed by atoms with Crippen LogP contribution in [0.4, 0.5) is 4.39 Å². The van der Waals surface area contributed by atoms with Crippen LogP contribution in [0.1, 0.15) is 54.8 Å². The number of aryl methyl sites for hydroxylation is 1. The normalized spacial score (nSPS) is 15.8. The summed E-state index contributed by atoms with van der Waals surface area (Å²) in [5.41, 5.74) is 8.14. The minimum Gasteiger partial charge on any atom is -0.472 e. The molecule has 0 amide bonds. The van der Waals surface area contributed by atoms with Crippen molar-refractivity contribution in [2.24, 2.45) is 0 Å². The lowest BCUT2D eigenvalue weighted by Gasteiger charge is -2.24. The zero-order valence-electron chi connectivity index (χ0n) is 25.7. The fourth-order valence-corrected chi connectivity index (χ4v) is 7.23. The molecule has 46 heavy (non-hydrogen) atoms. The molecule has 0 spiro atoms. The van der Waals surface area contributed by atoms with Gasteiger partial charge in [0.1, 0.15) is 12.4 Å². The highest BCUT2D eigenvalue weighted by atomic mass is 32.2. The van der Waals surface area contributed by atoms with Gasteiger partial charge in [0.2, 0.25) is 5.88 Å². The summed E-state index contributed by atoms with van der Waals surface area (Å²) in [5, 5.41) is 8.10. The largest absolute Gasteiger partial charge is 0.472 e. The van der Waals surface area contributed by atoms with Gasteiger partial charge >= 0.3 is 0 Å². The molecule has 1 aliphatic heterocycles. The molecule has 9 heteroatoms. The van der Waals surface area contributed by atoms with Crippen LogP contribution in [0, 0.1) is 5.82 Å². The Kier molecular flexibility index (Phi) is 7.30. The molecule has 0 N–H and O–H groups in total. The van der Waals surface area contributed by atoms with Crippen molar-refractivity contribution in [3.63, 3.8) is 0 Å². The van der Waals surface area contributed by atoms with Crippen LogP contribution in [-0.4, -0.2) is 37.6 Å². The summed E-state index contributed by atoms with van der Waals surface area (Å²) >= 11 is 1.46. The highest BCUT2D eigenvalue weighted by molar-refractivity contribution is 7.98. The quantitative estimate of drug-likeness (QED) is 0.129. The second-order valence-corrected chi connectivity index (χ2v) is 12.4. The first-order valence-corrected chi connectivity index (χ1v) is 16.8. The maximum Gasteiger partial charge on any atom is 0.226 e. The van der Waals surface area contributed by atoms with Crippen LogP contribution in [0.25, 0.3) is 49.6 Å². The molecular formula is C37H32FN5O2S. The summed E-state index contributed by atoms with van der Waals surface area (Å²) in [4.78, 5) is 14.7. The number of fused-ring (bicyclic) bond motifs is 5. The Hall–Kier alpha value is -4.60. The average molecular weight is 630 g/mol. The minimum absolute atomic E-state index is 0.152. The first-order chi connectivity index (χ1) is 22.6. The van der Waals surface area contributed by atoms with Gasteiger partial charge in [-0.3, -0.25) is 4.98 Å². The number of benzene rings is 3. The second-order valence-electron chi connectivity index (χ2n) is 11.6. The van der Waals surface area contributed by atoms with E-state index >= 15 is 4.39 Å². The lowest BCUT2D eigenvalue weighted by atomic mass is 9.89. The third kappa shape index (κ3) is 4.60. The van der Waals surface area contributed by atoms with Gasteiger partial charge in [-0.1, -0.05) is 61.7 Å². The van der Waals surface area contributed by atoms with E-state index < -0.39 is 0 Å². The molecule has 0 radical (unpaired) electrons. The van der Waals surface area contributed by atoms with Crippen molar-refractivity contribution in [1.82, 2.24) is 24.7 Å². The highest BCUT2D eigenvalue weighted by Gasteiger charge is 2.34. The molecule has 0 saturated carbocycles. The fourth-order valence-electron chi connectivity index (χ4n) is 6.87. The maximum absolute atomic E-state index is 15.5. The van der Waals surface area contributed by atoms with Gasteiger partial charge in [0.05, 0.1) is 28.7 Å². The number of halogens is 1. The van der Waals surface area contributed by atoms with Gasteiger partial charge in [0, 0.05) is 40.5 Å². The smallest absolute Gasteiger partial charge is 0.226 e. The van der Waals surface area contributed by atoms with Gasteiger partial charge < -0.3 is 9.47 Å². The number of rotatable bonds is 7. The first kappa shape index (κ1) is 28.8. The Morgan fingerprint density at radius 3 is 2.70 bits per heavy atom. The van der Waals surface area contributed by atoms with Crippen molar-refractivity contribution in [2.75, 3.05) is 12.9 Å². The van der Waals surface area contributed by atoms with E-state index in [1.165, 1.54) is 11.8 Å². The van der Waals surface area contributed by atoms with Gasteiger partial charge in [-0.15, -0.1) is 0 Å². The number of nitrogens with zero attached hydrogens (tertiary/aromatic N) is 5. The zero-order chi connectivity index (χ0) is 31.4. The van der Waals surface area contributed by atoms with E-state index in [1.54, 1.807) is 12.3 Å². The molecule has 1 atom stereocenters. The molecule has 8 rings (SSSR count). The topological polar surface area (TPSA) is 75.0 Å². The minimum atomic E-state index is -0.236. The van der Waals surface area contributed by atoms with Crippen LogP contribution in [0.15, 0.2) is 78.7 Å². The van der Waals surface area contributed by atoms with E-state index in [9.17, 15) is 0 Å². The predicted octanol–water partition coefficient (Wildman–Crippen LogP) is 8.78. The average Bonchev–Trinajstić information content (AvgIpc) is 3.65. The Balaban J connectivity index is 1.37. The van der Waals surface area contributed by atoms with Crippen LogP contribution in [0.2, 0.25) is 0 Å². The van der Waals surface area contributed by atoms with Crippen LogP contribution in [-0.2, 0) is 17.8 Å². The lowest BCUT2D eigenvalue weighted by Crippen LogP contribution is -2.18. The fraction of sp³-hybridized carbons (Fsp3) is 0.243. The molecule has 1 unspecified atom stereocenters. The van der Waals surface area contributed by atoms with E-state index in [0.717, 1.165) is 80.0 Å². The SMILES string of the molecule is C=C1c2nc(SC)nc(OCc3ccccc3)c2-c2ccnc(-c3c4cnn(C5CCCCO5)c4cc4ccc(F)c(CC)c34)c21. The zero-order valence-corrected chi connectivity index (χ0v) is 26.5. The Morgan fingerprint density at radius 2 is 1.91 bits per heavy atom. The molecule has 2 aliphatic rings. The number of aromatic nitrogens is 5. The molecule has 4 heterocycles. The number of hydrogen-bond acceptors (Lipinski definition) is 7. The third-order valence-corrected chi connectivity index (χ3v) is 9.56. The van der Waals surface area contributed by atoms with E-state index in [1.807, 2.05) is 66.5 Å². The third-order valence-electron chi connectivity index (χ3n) is 9.02. The van der Waals surface area contributed by atoms with Gasteiger partial charge in [-0.2, -0.15) is 10.1 Å². The molecule has 3 aromatic carbocycles. The van der Waals surface area contributed by atoms with Crippen LogP contribution in [0.3, 0.4) is 0 Å². The van der Waals surface area contributed by atoms with Crippen molar-refractivity contribution in [3.8, 4) is 28.3 Å². The van der Waals surface area contributed by atoms with Gasteiger partial charge in [-0.05, 0) is 72.0 Å². The van der Waals surface area contributed by atoms with Crippen molar-refractivity contribution in [3.05, 3.63) is 102 Å². The first-order valence-electron chi connectivity index (χ1n) is 15.6. The van der Waals surface area contributed by atoms with Gasteiger partial charge in [-0.25, -0.2) is 14.1 Å². The van der Waals surface area contributed by atoms with Crippen LogP contribution < -0.4 is 4.74 Å². The highest BCUT2D eigenvalue weighted by Crippen LogP contribution is 2.52. The molecule has 7 nitrogen and oxygen atoms in total. The maximum atomic E-state index is 15.5. The molecule has 1 fully saturated rings. The van der Waals surface area contributed by atoms with Crippen molar-refractivity contribution < 1.29 is 13.9 Å². The van der Waals surface area contributed by atoms with E-state index in [4.69, 9.17) is 29.5 Å². The Labute approximate surface area is 270 Å². The summed E-state index contributed by atoms with van der Waals surface area (Å²) in [6.07, 6.45) is 9.01. The summed E-state index contributed by atoms with van der Waals surface area (Å²) in [7, 11) is 0. The Morgan fingerprint density at radius 1 is 1.04 bits per heavy atom. The van der Waals surface area contributed by atoms with Crippen molar-refractivity contribution >= 4 is 39.0 Å². The van der Waals surface area contributed by atoms with Gasteiger partial charge in [0.25, 0.3) is 0 Å². The second kappa shape index (κ2) is 11.6. The van der Waals surface area contributed by atoms with E-state index in [0.29, 0.717) is 41.9 Å². The monoisotopic (exact) mass is 629 g/mol. The molecule has 6 aromatic rings. The molecule has 1 aliphatic carbocycles. The molecule has 1 saturated heterocycles. The van der Waals surface area contributed by atoms with Crippen molar-refractivity contribution in [1.29, 1.82) is 0 Å². The van der Waals surface area contributed by atoms with Crippen LogP contribution >= 0.6 is 11.8 Å². The van der Waals surface area contributed by atoms with Crippen LogP contribution in [0.5, 0.6) is 5.88 Å². The number of thioether (sulfide) groups is 1.